The molecule has 1 N–H and O–H groups in total. The van der Waals surface area contributed by atoms with Crippen molar-refractivity contribution in [1.29, 1.82) is 0 Å². The van der Waals surface area contributed by atoms with E-state index in [1.54, 1.807) is 6.07 Å². The van der Waals surface area contributed by atoms with Gasteiger partial charge in [-0.25, -0.2) is 4.98 Å². The molecule has 0 aliphatic heterocycles. The highest BCUT2D eigenvalue weighted by atomic mass is 32.1. The third-order valence-electron chi connectivity index (χ3n) is 3.98. The van der Waals surface area contributed by atoms with Gasteiger partial charge in [0, 0.05) is 10.8 Å². The SMILES string of the molecule is CC(C)(C)c1nnc(NC(=O)Cn2cnc3c(oc4ccccc43)c2=O)s1. The number of nitrogens with one attached hydrogen (secondary N) is 1. The summed E-state index contributed by atoms with van der Waals surface area (Å²) in [5.41, 5.74) is 0.666. The van der Waals surface area contributed by atoms with Gasteiger partial charge in [-0.3, -0.25) is 19.5 Å². The van der Waals surface area contributed by atoms with E-state index in [1.807, 2.05) is 39.0 Å². The molecule has 0 saturated heterocycles. The molecular weight excluding hydrogens is 366 g/mol. The minimum Gasteiger partial charge on any atom is -0.448 e. The number of aromatic nitrogens is 4. The van der Waals surface area contributed by atoms with Crippen LogP contribution in [0.3, 0.4) is 0 Å². The fraction of sp³-hybridized carbons (Fsp3) is 0.278. The molecule has 0 atom stereocenters. The quantitative estimate of drug-likeness (QED) is 0.583. The number of amides is 1. The summed E-state index contributed by atoms with van der Waals surface area (Å²) >= 11 is 1.31. The van der Waals surface area contributed by atoms with Crippen LogP contribution in [0.15, 0.2) is 39.8 Å². The van der Waals surface area contributed by atoms with Crippen molar-refractivity contribution in [3.8, 4) is 0 Å². The van der Waals surface area contributed by atoms with E-state index in [-0.39, 0.29) is 23.4 Å². The third-order valence-corrected chi connectivity index (χ3v) is 5.24. The molecule has 4 rings (SSSR count). The van der Waals surface area contributed by atoms with Gasteiger partial charge in [-0.15, -0.1) is 10.2 Å². The molecule has 0 fully saturated rings. The third kappa shape index (κ3) is 3.21. The Bertz CT molecular complexity index is 1220. The van der Waals surface area contributed by atoms with Gasteiger partial charge in [0.2, 0.25) is 16.6 Å². The second-order valence-corrected chi connectivity index (χ2v) is 8.14. The maximum absolute atomic E-state index is 12.6. The molecule has 0 saturated carbocycles. The number of rotatable bonds is 3. The van der Waals surface area contributed by atoms with Crippen molar-refractivity contribution in [2.24, 2.45) is 0 Å². The summed E-state index contributed by atoms with van der Waals surface area (Å²) in [7, 11) is 0. The Balaban J connectivity index is 1.59. The van der Waals surface area contributed by atoms with Gasteiger partial charge in [-0.2, -0.15) is 0 Å². The Morgan fingerprint density at radius 2 is 2.04 bits per heavy atom. The van der Waals surface area contributed by atoms with Gasteiger partial charge in [0.1, 0.15) is 22.7 Å². The summed E-state index contributed by atoms with van der Waals surface area (Å²) in [4.78, 5) is 29.2. The Morgan fingerprint density at radius 3 is 2.78 bits per heavy atom. The van der Waals surface area contributed by atoms with Crippen LogP contribution in [0.2, 0.25) is 0 Å². The van der Waals surface area contributed by atoms with E-state index in [1.165, 1.54) is 22.2 Å². The summed E-state index contributed by atoms with van der Waals surface area (Å²) in [5.74, 6) is -0.383. The molecule has 9 heteroatoms. The first-order chi connectivity index (χ1) is 12.8. The van der Waals surface area contributed by atoms with Crippen LogP contribution in [0, 0.1) is 0 Å². The summed E-state index contributed by atoms with van der Waals surface area (Å²) in [5, 5.41) is 12.7. The molecule has 3 heterocycles. The summed E-state index contributed by atoms with van der Waals surface area (Å²) in [6.07, 6.45) is 1.35. The molecule has 4 aromatic rings. The van der Waals surface area contributed by atoms with Gasteiger partial charge >= 0.3 is 0 Å². The average molecular weight is 383 g/mol. The minimum absolute atomic E-state index is 0.137. The second kappa shape index (κ2) is 6.27. The molecule has 138 valence electrons. The van der Waals surface area contributed by atoms with E-state index in [0.717, 1.165) is 10.4 Å². The number of carbonyl (C=O) groups excluding carboxylic acids is 1. The maximum Gasteiger partial charge on any atom is 0.297 e. The van der Waals surface area contributed by atoms with Crippen LogP contribution in [-0.4, -0.2) is 25.7 Å². The number of para-hydroxylation sites is 1. The zero-order chi connectivity index (χ0) is 19.2. The first-order valence-corrected chi connectivity index (χ1v) is 9.15. The lowest BCUT2D eigenvalue weighted by molar-refractivity contribution is -0.116. The van der Waals surface area contributed by atoms with Crippen molar-refractivity contribution in [1.82, 2.24) is 19.7 Å². The molecule has 27 heavy (non-hydrogen) atoms. The first kappa shape index (κ1) is 17.3. The number of fused-ring (bicyclic) bond motifs is 3. The predicted octanol–water partition coefficient (Wildman–Crippen LogP) is 2.93. The molecule has 8 nitrogen and oxygen atoms in total. The molecule has 0 radical (unpaired) electrons. The number of anilines is 1. The molecule has 1 aromatic carbocycles. The van der Waals surface area contributed by atoms with Crippen LogP contribution in [0.25, 0.3) is 22.1 Å². The summed E-state index contributed by atoms with van der Waals surface area (Å²) in [6, 6.07) is 7.29. The molecule has 0 aliphatic carbocycles. The zero-order valence-electron chi connectivity index (χ0n) is 15.0. The van der Waals surface area contributed by atoms with Gasteiger partial charge in [0.15, 0.2) is 0 Å². The monoisotopic (exact) mass is 383 g/mol. The van der Waals surface area contributed by atoms with E-state index in [4.69, 9.17) is 4.42 Å². The second-order valence-electron chi connectivity index (χ2n) is 7.16. The Morgan fingerprint density at radius 1 is 1.26 bits per heavy atom. The fourth-order valence-corrected chi connectivity index (χ4v) is 3.44. The maximum atomic E-state index is 12.6. The van der Waals surface area contributed by atoms with Gasteiger partial charge < -0.3 is 4.42 Å². The van der Waals surface area contributed by atoms with E-state index < -0.39 is 5.56 Å². The van der Waals surface area contributed by atoms with Crippen LogP contribution in [0.1, 0.15) is 25.8 Å². The van der Waals surface area contributed by atoms with Crippen LogP contribution in [0.4, 0.5) is 5.13 Å². The van der Waals surface area contributed by atoms with Crippen molar-refractivity contribution in [3.63, 3.8) is 0 Å². The molecule has 0 aliphatic rings. The van der Waals surface area contributed by atoms with E-state index in [2.05, 4.69) is 20.5 Å². The van der Waals surface area contributed by atoms with E-state index in [0.29, 0.717) is 16.2 Å². The number of hydrogen-bond acceptors (Lipinski definition) is 7. The number of furan rings is 1. The van der Waals surface area contributed by atoms with Crippen molar-refractivity contribution in [2.75, 3.05) is 5.32 Å². The first-order valence-electron chi connectivity index (χ1n) is 8.33. The highest BCUT2D eigenvalue weighted by Crippen LogP contribution is 2.27. The molecule has 0 spiro atoms. The van der Waals surface area contributed by atoms with Crippen LogP contribution in [0.5, 0.6) is 0 Å². The fourth-order valence-electron chi connectivity index (χ4n) is 2.62. The molecular formula is C18H17N5O3S. The van der Waals surface area contributed by atoms with Crippen LogP contribution in [-0.2, 0) is 16.8 Å². The van der Waals surface area contributed by atoms with Crippen molar-refractivity contribution in [2.45, 2.75) is 32.7 Å². The number of hydrogen-bond donors (Lipinski definition) is 1. The molecule has 0 bridgehead atoms. The molecule has 1 amide bonds. The van der Waals surface area contributed by atoms with Gasteiger partial charge in [0.05, 0.1) is 6.33 Å². The Labute approximate surface area is 157 Å². The zero-order valence-corrected chi connectivity index (χ0v) is 15.8. The van der Waals surface area contributed by atoms with Crippen molar-refractivity contribution < 1.29 is 9.21 Å². The minimum atomic E-state index is -0.404. The van der Waals surface area contributed by atoms with Crippen molar-refractivity contribution >= 4 is 44.4 Å². The van der Waals surface area contributed by atoms with Crippen molar-refractivity contribution in [3.05, 3.63) is 46.0 Å². The highest BCUT2D eigenvalue weighted by molar-refractivity contribution is 7.15. The van der Waals surface area contributed by atoms with Crippen LogP contribution < -0.4 is 10.9 Å². The lowest BCUT2D eigenvalue weighted by Gasteiger charge is -2.12. The topological polar surface area (TPSA) is 103 Å². The standard InChI is InChI=1S/C18H17N5O3S/c1-18(2,3)16-21-22-17(27-16)20-12(24)8-23-9-19-13-10-6-4-5-7-11(10)26-14(13)15(23)25/h4-7,9H,8H2,1-3H3,(H,20,22,24). The predicted molar refractivity (Wildman–Crippen MR) is 103 cm³/mol. The number of nitrogens with zero attached hydrogens (tertiary/aromatic N) is 4. The molecule has 3 aromatic heterocycles. The lowest BCUT2D eigenvalue weighted by Crippen LogP contribution is -2.27. The smallest absolute Gasteiger partial charge is 0.297 e. The summed E-state index contributed by atoms with van der Waals surface area (Å²) < 4.78 is 6.83. The normalized spacial score (nSPS) is 12.0. The average Bonchev–Trinajstić information content (AvgIpc) is 3.22. The summed E-state index contributed by atoms with van der Waals surface area (Å²) in [6.45, 7) is 5.87. The number of carbonyl (C=O) groups is 1. The van der Waals surface area contributed by atoms with E-state index in [9.17, 15) is 9.59 Å². The largest absolute Gasteiger partial charge is 0.448 e. The van der Waals surface area contributed by atoms with Gasteiger partial charge in [0.25, 0.3) is 5.56 Å². The number of benzene rings is 1. The Kier molecular flexibility index (Phi) is 4.03. The van der Waals surface area contributed by atoms with E-state index >= 15 is 0 Å². The Hall–Kier alpha value is -3.07. The van der Waals surface area contributed by atoms with Gasteiger partial charge in [-0.05, 0) is 12.1 Å². The van der Waals surface area contributed by atoms with Crippen LogP contribution >= 0.6 is 11.3 Å². The molecule has 0 unspecified atom stereocenters. The lowest BCUT2D eigenvalue weighted by atomic mass is 9.98. The highest BCUT2D eigenvalue weighted by Gasteiger charge is 2.20. The van der Waals surface area contributed by atoms with Gasteiger partial charge in [-0.1, -0.05) is 44.2 Å².